The summed E-state index contributed by atoms with van der Waals surface area (Å²) in [5, 5.41) is 2.92. The molecule has 0 saturated heterocycles. The number of amides is 1. The Bertz CT molecular complexity index is 575. The summed E-state index contributed by atoms with van der Waals surface area (Å²) < 4.78 is 27.3. The molecule has 0 aliphatic heterocycles. The van der Waals surface area contributed by atoms with E-state index in [0.29, 0.717) is 12.0 Å². The van der Waals surface area contributed by atoms with Crippen molar-refractivity contribution in [2.24, 2.45) is 17.1 Å². The average Bonchev–Trinajstić information content (AvgIpc) is 2.81. The minimum Gasteiger partial charge on any atom is -0.349 e. The van der Waals surface area contributed by atoms with Crippen LogP contribution in [-0.4, -0.2) is 11.9 Å². The highest BCUT2D eigenvalue weighted by atomic mass is 35.5. The third kappa shape index (κ3) is 5.15. The van der Waals surface area contributed by atoms with E-state index >= 15 is 0 Å². The van der Waals surface area contributed by atoms with Crippen LogP contribution >= 0.6 is 12.4 Å². The van der Waals surface area contributed by atoms with Gasteiger partial charge in [-0.1, -0.05) is 33.3 Å². The van der Waals surface area contributed by atoms with Gasteiger partial charge in [-0.25, -0.2) is 8.78 Å². The summed E-state index contributed by atoms with van der Waals surface area (Å²) in [7, 11) is 0. The van der Waals surface area contributed by atoms with Crippen molar-refractivity contribution in [3.8, 4) is 0 Å². The largest absolute Gasteiger partial charge is 0.349 e. The Morgan fingerprint density at radius 2 is 2.00 bits per heavy atom. The highest BCUT2D eigenvalue weighted by Gasteiger charge is 2.32. The lowest BCUT2D eigenvalue weighted by Crippen LogP contribution is -2.39. The van der Waals surface area contributed by atoms with Gasteiger partial charge in [0.05, 0.1) is 6.04 Å². The minimum absolute atomic E-state index is 0. The van der Waals surface area contributed by atoms with Crippen LogP contribution < -0.4 is 11.1 Å². The number of benzene rings is 1. The van der Waals surface area contributed by atoms with Crippen molar-refractivity contribution in [1.29, 1.82) is 0 Å². The molecule has 0 spiro atoms. The van der Waals surface area contributed by atoms with Crippen LogP contribution in [0, 0.1) is 23.0 Å². The van der Waals surface area contributed by atoms with Gasteiger partial charge in [0.25, 0.3) is 0 Å². The second kappa shape index (κ2) is 8.26. The van der Waals surface area contributed by atoms with E-state index in [-0.39, 0.29) is 30.3 Å². The summed E-state index contributed by atoms with van der Waals surface area (Å²) in [6.45, 7) is 5.76. The van der Waals surface area contributed by atoms with E-state index in [1.54, 1.807) is 0 Å². The Balaban J connectivity index is 0.00000288. The van der Waals surface area contributed by atoms with Crippen molar-refractivity contribution in [1.82, 2.24) is 5.32 Å². The topological polar surface area (TPSA) is 55.1 Å². The zero-order chi connectivity index (χ0) is 17.2. The summed E-state index contributed by atoms with van der Waals surface area (Å²) in [5.41, 5.74) is 5.93. The van der Waals surface area contributed by atoms with Crippen LogP contribution in [0.3, 0.4) is 0 Å². The highest BCUT2D eigenvalue weighted by molar-refractivity contribution is 5.85. The quantitative estimate of drug-likeness (QED) is 0.849. The van der Waals surface area contributed by atoms with Crippen molar-refractivity contribution in [3.05, 3.63) is 35.4 Å². The van der Waals surface area contributed by atoms with E-state index in [4.69, 9.17) is 5.73 Å². The van der Waals surface area contributed by atoms with Crippen molar-refractivity contribution >= 4 is 18.3 Å². The molecule has 2 rings (SSSR count). The predicted molar refractivity (Wildman–Crippen MR) is 93.9 cm³/mol. The monoisotopic (exact) mass is 360 g/mol. The smallest absolute Gasteiger partial charge is 0.220 e. The molecule has 1 saturated carbocycles. The molecule has 1 aromatic rings. The number of hydrogen-bond donors (Lipinski definition) is 2. The molecule has 24 heavy (non-hydrogen) atoms. The standard InChI is InChI=1S/C18H26F2N2O.ClH/c1-18(2,3)17(13-8-7-12(19)10-14(13)20)22-16(23)9-11-5-4-6-15(11)21;/h7-8,10-11,15,17H,4-6,9,21H2,1-3H3,(H,22,23);1H/t11-,15+,17?;/m0./s1. The summed E-state index contributed by atoms with van der Waals surface area (Å²) >= 11 is 0. The van der Waals surface area contributed by atoms with Crippen LogP contribution in [0.2, 0.25) is 0 Å². The van der Waals surface area contributed by atoms with Gasteiger partial charge in [0.15, 0.2) is 0 Å². The Kier molecular flexibility index (Phi) is 7.17. The average molecular weight is 361 g/mol. The second-order valence-electron chi connectivity index (χ2n) is 7.59. The van der Waals surface area contributed by atoms with E-state index in [1.807, 2.05) is 20.8 Å². The van der Waals surface area contributed by atoms with Crippen LogP contribution in [0.5, 0.6) is 0 Å². The number of nitrogens with two attached hydrogens (primary N) is 1. The van der Waals surface area contributed by atoms with Crippen molar-refractivity contribution in [2.75, 3.05) is 0 Å². The summed E-state index contributed by atoms with van der Waals surface area (Å²) in [5.74, 6) is -1.20. The van der Waals surface area contributed by atoms with Crippen LogP contribution in [0.25, 0.3) is 0 Å². The van der Waals surface area contributed by atoms with Crippen molar-refractivity contribution in [3.63, 3.8) is 0 Å². The molecular formula is C18H27ClF2N2O. The highest BCUT2D eigenvalue weighted by Crippen LogP contribution is 2.35. The molecule has 6 heteroatoms. The third-order valence-electron chi connectivity index (χ3n) is 4.61. The van der Waals surface area contributed by atoms with E-state index in [9.17, 15) is 13.6 Å². The van der Waals surface area contributed by atoms with Crippen LogP contribution in [0.15, 0.2) is 18.2 Å². The maximum atomic E-state index is 14.1. The minimum atomic E-state index is -0.636. The first-order valence-corrected chi connectivity index (χ1v) is 8.18. The summed E-state index contributed by atoms with van der Waals surface area (Å²) in [4.78, 5) is 12.4. The molecule has 1 aliphatic carbocycles. The molecule has 0 radical (unpaired) electrons. The molecule has 0 bridgehead atoms. The molecule has 1 aliphatic rings. The molecule has 1 unspecified atom stereocenters. The SMILES string of the molecule is CC(C)(C)C(NC(=O)C[C@@H]1CCC[C@H]1N)c1ccc(F)cc1F.Cl. The number of hydrogen-bond acceptors (Lipinski definition) is 2. The van der Waals surface area contributed by atoms with E-state index in [1.165, 1.54) is 12.1 Å². The Labute approximate surface area is 148 Å². The molecule has 3 nitrogen and oxygen atoms in total. The number of carbonyl (C=O) groups excluding carboxylic acids is 1. The maximum Gasteiger partial charge on any atom is 0.220 e. The van der Waals surface area contributed by atoms with Gasteiger partial charge in [-0.3, -0.25) is 4.79 Å². The lowest BCUT2D eigenvalue weighted by Gasteiger charge is -2.32. The predicted octanol–water partition coefficient (Wildman–Crippen LogP) is 4.11. The molecule has 136 valence electrons. The fraction of sp³-hybridized carbons (Fsp3) is 0.611. The molecule has 1 amide bonds. The number of rotatable bonds is 4. The first kappa shape index (κ1) is 20.8. The molecule has 1 aromatic carbocycles. The summed E-state index contributed by atoms with van der Waals surface area (Å²) in [6.07, 6.45) is 3.32. The van der Waals surface area contributed by atoms with Gasteiger partial charge in [0.1, 0.15) is 11.6 Å². The normalized spacial score (nSPS) is 21.9. The lowest BCUT2D eigenvalue weighted by atomic mass is 9.82. The zero-order valence-electron chi connectivity index (χ0n) is 14.4. The van der Waals surface area contributed by atoms with Gasteiger partial charge in [-0.2, -0.15) is 0 Å². The molecule has 3 N–H and O–H groups in total. The molecule has 3 atom stereocenters. The van der Waals surface area contributed by atoms with E-state index in [0.717, 1.165) is 25.3 Å². The molecule has 0 aromatic heterocycles. The fourth-order valence-electron chi connectivity index (χ4n) is 3.27. The third-order valence-corrected chi connectivity index (χ3v) is 4.61. The second-order valence-corrected chi connectivity index (χ2v) is 7.59. The molecule has 1 fully saturated rings. The van der Waals surface area contributed by atoms with Gasteiger partial charge in [-0.05, 0) is 30.2 Å². The van der Waals surface area contributed by atoms with Crippen molar-refractivity contribution < 1.29 is 13.6 Å². The maximum absolute atomic E-state index is 14.1. The van der Waals surface area contributed by atoms with Crippen molar-refractivity contribution in [2.45, 2.75) is 58.5 Å². The number of carbonyl (C=O) groups is 1. The Hall–Kier alpha value is -1.20. The zero-order valence-corrected chi connectivity index (χ0v) is 15.3. The molecule has 0 heterocycles. The van der Waals surface area contributed by atoms with Gasteiger partial charge >= 0.3 is 0 Å². The molecular weight excluding hydrogens is 334 g/mol. The van der Waals surface area contributed by atoms with Gasteiger partial charge in [0, 0.05) is 24.1 Å². The van der Waals surface area contributed by atoms with Gasteiger partial charge in [0.2, 0.25) is 5.91 Å². The summed E-state index contributed by atoms with van der Waals surface area (Å²) in [6, 6.07) is 3.02. The Morgan fingerprint density at radius 3 is 2.50 bits per heavy atom. The van der Waals surface area contributed by atoms with Gasteiger partial charge in [-0.15, -0.1) is 12.4 Å². The van der Waals surface area contributed by atoms with Crippen LogP contribution in [0.1, 0.15) is 58.1 Å². The Morgan fingerprint density at radius 1 is 1.33 bits per heavy atom. The van der Waals surface area contributed by atoms with Crippen LogP contribution in [0.4, 0.5) is 8.78 Å². The fourth-order valence-corrected chi connectivity index (χ4v) is 3.27. The lowest BCUT2D eigenvalue weighted by molar-refractivity contribution is -0.123. The number of nitrogens with one attached hydrogen (secondary N) is 1. The first-order chi connectivity index (χ1) is 10.7. The van der Waals surface area contributed by atoms with Gasteiger partial charge < -0.3 is 11.1 Å². The van der Waals surface area contributed by atoms with E-state index in [2.05, 4.69) is 5.32 Å². The van der Waals surface area contributed by atoms with Crippen LogP contribution in [-0.2, 0) is 4.79 Å². The number of halogens is 3. The first-order valence-electron chi connectivity index (χ1n) is 8.18. The van der Waals surface area contributed by atoms with E-state index < -0.39 is 23.1 Å².